The number of ether oxygens (including phenoxy) is 1. The minimum absolute atomic E-state index is 0.0956. The summed E-state index contributed by atoms with van der Waals surface area (Å²) in [7, 11) is 1.31. The number of carbonyl (C=O) groups excluding carboxylic acids is 1. The summed E-state index contributed by atoms with van der Waals surface area (Å²) < 4.78 is 50.2. The van der Waals surface area contributed by atoms with Crippen LogP contribution in [-0.2, 0) is 6.18 Å². The summed E-state index contributed by atoms with van der Waals surface area (Å²) in [5.74, 6) is 0.320. The van der Waals surface area contributed by atoms with Gasteiger partial charge in [0.15, 0.2) is 5.76 Å². The molecule has 0 spiro atoms. The molecule has 0 saturated carbocycles. The van der Waals surface area contributed by atoms with Gasteiger partial charge in [0.1, 0.15) is 11.4 Å². The summed E-state index contributed by atoms with van der Waals surface area (Å²) >= 11 is 0. The number of nitrogens with one attached hydrogen (secondary N) is 3. The summed E-state index contributed by atoms with van der Waals surface area (Å²) in [5, 5.41) is 5.65. The maximum atomic E-state index is 13.2. The zero-order valence-electron chi connectivity index (χ0n) is 19.6. The van der Waals surface area contributed by atoms with Crippen LogP contribution in [0.4, 0.5) is 30.5 Å². The number of aromatic nitrogens is 3. The van der Waals surface area contributed by atoms with Crippen LogP contribution in [0, 0.1) is 6.92 Å². The summed E-state index contributed by atoms with van der Waals surface area (Å²) in [6.07, 6.45) is -1.28. The molecule has 0 radical (unpaired) electrons. The van der Waals surface area contributed by atoms with Crippen LogP contribution in [0.15, 0.2) is 71.5 Å². The molecule has 0 saturated heterocycles. The van der Waals surface area contributed by atoms with Crippen molar-refractivity contribution in [2.75, 3.05) is 17.7 Å². The molecule has 8 nitrogen and oxygen atoms in total. The Kier molecular flexibility index (Phi) is 6.04. The Balaban J connectivity index is 1.45. The lowest BCUT2D eigenvalue weighted by Crippen LogP contribution is -2.14. The van der Waals surface area contributed by atoms with Gasteiger partial charge in [0.05, 0.1) is 35.7 Å². The molecule has 3 heterocycles. The van der Waals surface area contributed by atoms with Gasteiger partial charge in [-0.25, -0.2) is 9.97 Å². The lowest BCUT2D eigenvalue weighted by Gasteiger charge is -2.15. The summed E-state index contributed by atoms with van der Waals surface area (Å²) in [6, 6.07) is 13.1. The van der Waals surface area contributed by atoms with Crippen LogP contribution in [-0.4, -0.2) is 28.0 Å². The van der Waals surface area contributed by atoms with Crippen molar-refractivity contribution in [3.8, 4) is 17.2 Å². The van der Waals surface area contributed by atoms with E-state index < -0.39 is 17.6 Å². The van der Waals surface area contributed by atoms with E-state index in [1.54, 1.807) is 48.9 Å². The van der Waals surface area contributed by atoms with E-state index in [-0.39, 0.29) is 22.9 Å². The molecule has 1 amide bonds. The quantitative estimate of drug-likeness (QED) is 0.241. The summed E-state index contributed by atoms with van der Waals surface area (Å²) in [4.78, 5) is 25.2. The molecule has 3 aromatic heterocycles. The number of methoxy groups -OCH3 is 1. The minimum Gasteiger partial charge on any atom is -0.495 e. The van der Waals surface area contributed by atoms with Crippen molar-refractivity contribution in [2.45, 2.75) is 13.1 Å². The Morgan fingerprint density at radius 1 is 1.05 bits per heavy atom. The lowest BCUT2D eigenvalue weighted by molar-refractivity contribution is -0.137. The van der Waals surface area contributed by atoms with E-state index in [2.05, 4.69) is 25.6 Å². The maximum absolute atomic E-state index is 13.2. The highest BCUT2D eigenvalue weighted by molar-refractivity contribution is 6.05. The maximum Gasteiger partial charge on any atom is 0.416 e. The van der Waals surface area contributed by atoms with E-state index >= 15 is 0 Å². The molecule has 0 unspecified atom stereocenters. The fraction of sp³-hybridized carbons (Fsp3) is 0.115. The highest BCUT2D eigenvalue weighted by Gasteiger charge is 2.31. The molecule has 11 heteroatoms. The number of alkyl halides is 3. The molecule has 0 atom stereocenters. The first-order valence-electron chi connectivity index (χ1n) is 11.1. The molecule has 5 rings (SSSR count). The number of carbonyl (C=O) groups is 1. The van der Waals surface area contributed by atoms with Gasteiger partial charge in [0.25, 0.3) is 5.91 Å². The van der Waals surface area contributed by atoms with Crippen molar-refractivity contribution in [1.82, 2.24) is 15.0 Å². The number of anilines is 3. The van der Waals surface area contributed by atoms with Gasteiger partial charge in [-0.3, -0.25) is 4.79 Å². The smallest absolute Gasteiger partial charge is 0.416 e. The van der Waals surface area contributed by atoms with Gasteiger partial charge in [-0.2, -0.15) is 13.2 Å². The number of aromatic amines is 1. The minimum atomic E-state index is -4.57. The molecule has 0 bridgehead atoms. The monoisotopic (exact) mass is 507 g/mol. The SMILES string of the molecule is COc1ccc(C(F)(F)F)cc1NC(=O)c1ccc(C)c(Nc2nc(-c3ccco3)c3[nH]ccc3n2)c1. The molecule has 5 aromatic rings. The number of aryl methyl sites for hydroxylation is 1. The zero-order valence-corrected chi connectivity index (χ0v) is 19.6. The molecular formula is C26H20F3N5O3. The Bertz CT molecular complexity index is 1590. The largest absolute Gasteiger partial charge is 0.495 e. The number of halogens is 3. The first-order chi connectivity index (χ1) is 17.7. The molecule has 0 fully saturated rings. The summed E-state index contributed by atoms with van der Waals surface area (Å²) in [5.41, 5.74) is 2.48. The Labute approximate surface area is 208 Å². The molecule has 3 N–H and O–H groups in total. The fourth-order valence-electron chi connectivity index (χ4n) is 3.79. The normalized spacial score (nSPS) is 11.5. The van der Waals surface area contributed by atoms with Crippen molar-refractivity contribution in [2.24, 2.45) is 0 Å². The molecule has 2 aromatic carbocycles. The highest BCUT2D eigenvalue weighted by atomic mass is 19.4. The molecule has 0 aliphatic carbocycles. The number of hydrogen-bond acceptors (Lipinski definition) is 6. The van der Waals surface area contributed by atoms with Gasteiger partial charge >= 0.3 is 6.18 Å². The third-order valence-corrected chi connectivity index (χ3v) is 5.68. The second-order valence-corrected chi connectivity index (χ2v) is 8.13. The highest BCUT2D eigenvalue weighted by Crippen LogP contribution is 2.35. The first-order valence-corrected chi connectivity index (χ1v) is 11.1. The van der Waals surface area contributed by atoms with Crippen LogP contribution < -0.4 is 15.4 Å². The third-order valence-electron chi connectivity index (χ3n) is 5.68. The average molecular weight is 507 g/mol. The number of fused-ring (bicyclic) bond motifs is 1. The Morgan fingerprint density at radius 3 is 2.62 bits per heavy atom. The van der Waals surface area contributed by atoms with E-state index in [1.165, 1.54) is 7.11 Å². The third kappa shape index (κ3) is 4.83. The van der Waals surface area contributed by atoms with Crippen molar-refractivity contribution in [1.29, 1.82) is 0 Å². The number of benzene rings is 2. The van der Waals surface area contributed by atoms with E-state index in [0.717, 1.165) is 23.8 Å². The molecule has 0 aliphatic heterocycles. The topological polar surface area (TPSA) is 105 Å². The number of H-pyrrole nitrogens is 1. The second-order valence-electron chi connectivity index (χ2n) is 8.13. The Morgan fingerprint density at radius 2 is 1.89 bits per heavy atom. The van der Waals surface area contributed by atoms with Crippen molar-refractivity contribution in [3.63, 3.8) is 0 Å². The fourth-order valence-corrected chi connectivity index (χ4v) is 3.79. The van der Waals surface area contributed by atoms with Gasteiger partial charge in [-0.15, -0.1) is 0 Å². The van der Waals surface area contributed by atoms with Crippen LogP contribution in [0.5, 0.6) is 5.75 Å². The zero-order chi connectivity index (χ0) is 26.2. The van der Waals surface area contributed by atoms with Crippen LogP contribution >= 0.6 is 0 Å². The van der Waals surface area contributed by atoms with Gasteiger partial charge in [0, 0.05) is 17.4 Å². The van der Waals surface area contributed by atoms with Gasteiger partial charge in [-0.05, 0) is 61.0 Å². The molecule has 188 valence electrons. The lowest BCUT2D eigenvalue weighted by atomic mass is 10.1. The predicted molar refractivity (Wildman–Crippen MR) is 132 cm³/mol. The van der Waals surface area contributed by atoms with Gasteiger partial charge < -0.3 is 24.8 Å². The van der Waals surface area contributed by atoms with Gasteiger partial charge in [0.2, 0.25) is 5.95 Å². The standard InChI is InChI=1S/C26H20F3N5O3/c1-14-5-6-15(24(35)31-19-13-16(26(27,28)29)7-8-20(19)36-2)12-18(14)33-25-32-17-9-10-30-22(17)23(34-25)21-4-3-11-37-21/h3-13,30H,1-2H3,(H,31,35)(H,32,33,34). The number of amides is 1. The van der Waals surface area contributed by atoms with E-state index in [9.17, 15) is 18.0 Å². The van der Waals surface area contributed by atoms with Crippen LogP contribution in [0.1, 0.15) is 21.5 Å². The second kappa shape index (κ2) is 9.34. The van der Waals surface area contributed by atoms with Crippen LogP contribution in [0.3, 0.4) is 0 Å². The molecule has 0 aliphatic rings. The van der Waals surface area contributed by atoms with Crippen LogP contribution in [0.2, 0.25) is 0 Å². The number of rotatable bonds is 6. The van der Waals surface area contributed by atoms with Crippen molar-refractivity contribution in [3.05, 3.63) is 83.7 Å². The summed E-state index contributed by atoms with van der Waals surface area (Å²) in [6.45, 7) is 1.84. The van der Waals surface area contributed by atoms with Gasteiger partial charge in [-0.1, -0.05) is 6.07 Å². The first kappa shape index (κ1) is 23.9. The Hall–Kier alpha value is -4.80. The molecule has 37 heavy (non-hydrogen) atoms. The van der Waals surface area contributed by atoms with Crippen molar-refractivity contribution >= 4 is 34.3 Å². The van der Waals surface area contributed by atoms with E-state index in [1.807, 2.05) is 6.92 Å². The van der Waals surface area contributed by atoms with E-state index in [4.69, 9.17) is 9.15 Å². The molecular weight excluding hydrogens is 487 g/mol. The van der Waals surface area contributed by atoms with E-state index in [0.29, 0.717) is 28.2 Å². The van der Waals surface area contributed by atoms with Crippen molar-refractivity contribution < 1.29 is 27.1 Å². The number of furan rings is 1. The number of nitrogens with zero attached hydrogens (tertiary/aromatic N) is 2. The average Bonchev–Trinajstić information content (AvgIpc) is 3.57. The number of hydrogen-bond donors (Lipinski definition) is 3. The predicted octanol–water partition coefficient (Wildman–Crippen LogP) is 6.55. The van der Waals surface area contributed by atoms with Crippen LogP contribution in [0.25, 0.3) is 22.5 Å².